The maximum absolute atomic E-state index is 13.1. The summed E-state index contributed by atoms with van der Waals surface area (Å²) in [5.41, 5.74) is 2.00. The van der Waals surface area contributed by atoms with E-state index in [2.05, 4.69) is 10.6 Å². The van der Waals surface area contributed by atoms with E-state index in [1.165, 1.54) is 25.7 Å². The molecule has 1 aliphatic carbocycles. The fourth-order valence-corrected chi connectivity index (χ4v) is 5.08. The molecule has 0 bridgehead atoms. The van der Waals surface area contributed by atoms with Crippen LogP contribution in [0.25, 0.3) is 0 Å². The van der Waals surface area contributed by atoms with Gasteiger partial charge in [-0.2, -0.15) is 0 Å². The van der Waals surface area contributed by atoms with Crippen molar-refractivity contribution in [3.05, 3.63) is 58.6 Å². The number of urea groups is 1. The molecule has 1 saturated heterocycles. The van der Waals surface area contributed by atoms with Crippen LogP contribution >= 0.6 is 11.6 Å². The maximum Gasteiger partial charge on any atom is 0.319 e. The van der Waals surface area contributed by atoms with Crippen LogP contribution in [-0.4, -0.2) is 37.0 Å². The molecule has 3 amide bonds. The molecule has 0 unspecified atom stereocenters. The molecular weight excluding hydrogens is 426 g/mol. The fraction of sp³-hybridized carbons (Fsp3) is 0.440. The maximum atomic E-state index is 13.1. The lowest BCUT2D eigenvalue weighted by molar-refractivity contribution is 0.0521. The van der Waals surface area contributed by atoms with Gasteiger partial charge in [0.25, 0.3) is 5.91 Å². The summed E-state index contributed by atoms with van der Waals surface area (Å²) < 4.78 is 5.13. The zero-order valence-corrected chi connectivity index (χ0v) is 19.2. The van der Waals surface area contributed by atoms with Gasteiger partial charge in [-0.15, -0.1) is 0 Å². The highest BCUT2D eigenvalue weighted by Gasteiger charge is 2.33. The van der Waals surface area contributed by atoms with Gasteiger partial charge in [0, 0.05) is 25.3 Å². The molecule has 7 heteroatoms. The van der Waals surface area contributed by atoms with E-state index in [9.17, 15) is 9.59 Å². The molecule has 1 aliphatic heterocycles. The van der Waals surface area contributed by atoms with Gasteiger partial charge in [-0.3, -0.25) is 4.79 Å². The van der Waals surface area contributed by atoms with Crippen molar-refractivity contribution >= 4 is 29.2 Å². The Bertz CT molecular complexity index is 963. The number of amides is 3. The van der Waals surface area contributed by atoms with E-state index in [1.807, 2.05) is 29.2 Å². The molecule has 2 aromatic carbocycles. The van der Waals surface area contributed by atoms with Gasteiger partial charge in [0.05, 0.1) is 17.7 Å². The lowest BCUT2D eigenvalue weighted by atomic mass is 9.75. The van der Waals surface area contributed by atoms with Gasteiger partial charge < -0.3 is 20.3 Å². The first kappa shape index (κ1) is 22.5. The molecule has 2 N–H and O–H groups in total. The van der Waals surface area contributed by atoms with Gasteiger partial charge in [0.1, 0.15) is 5.75 Å². The van der Waals surface area contributed by atoms with E-state index in [-0.39, 0.29) is 11.9 Å². The first-order valence-corrected chi connectivity index (χ1v) is 11.7. The molecule has 0 spiro atoms. The van der Waals surface area contributed by atoms with E-state index in [0.717, 1.165) is 36.7 Å². The number of halogens is 1. The van der Waals surface area contributed by atoms with Crippen LogP contribution in [0.2, 0.25) is 5.02 Å². The Morgan fingerprint density at radius 2 is 1.81 bits per heavy atom. The van der Waals surface area contributed by atoms with Crippen LogP contribution in [0, 0.1) is 11.8 Å². The average Bonchev–Trinajstić information content (AvgIpc) is 2.82. The Morgan fingerprint density at radius 1 is 1.06 bits per heavy atom. The van der Waals surface area contributed by atoms with Gasteiger partial charge in [-0.05, 0) is 60.6 Å². The number of likely N-dealkylation sites (tertiary alicyclic amines) is 1. The van der Waals surface area contributed by atoms with E-state index in [4.69, 9.17) is 16.3 Å². The van der Waals surface area contributed by atoms with Crippen LogP contribution < -0.4 is 15.4 Å². The van der Waals surface area contributed by atoms with Crippen LogP contribution in [0.5, 0.6) is 5.75 Å². The normalized spacial score (nSPS) is 20.2. The second kappa shape index (κ2) is 10.3. The third kappa shape index (κ3) is 5.36. The quantitative estimate of drug-likeness (QED) is 0.640. The van der Waals surface area contributed by atoms with E-state index in [0.29, 0.717) is 28.7 Å². The van der Waals surface area contributed by atoms with Crippen molar-refractivity contribution in [1.82, 2.24) is 10.2 Å². The topological polar surface area (TPSA) is 70.7 Å². The number of carbonyl (C=O) groups excluding carboxylic acids is 2. The summed E-state index contributed by atoms with van der Waals surface area (Å²) in [5, 5.41) is 5.94. The van der Waals surface area contributed by atoms with Crippen LogP contribution in [0.4, 0.5) is 10.5 Å². The van der Waals surface area contributed by atoms with Crippen molar-refractivity contribution in [2.45, 2.75) is 38.6 Å². The Hall–Kier alpha value is -2.73. The van der Waals surface area contributed by atoms with Crippen LogP contribution in [0.1, 0.15) is 48.0 Å². The van der Waals surface area contributed by atoms with E-state index < -0.39 is 0 Å². The second-order valence-electron chi connectivity index (χ2n) is 8.69. The summed E-state index contributed by atoms with van der Waals surface area (Å²) in [6, 6.07) is 12.2. The number of anilines is 1. The number of piperidine rings is 1. The molecule has 2 aromatic rings. The molecule has 6 nitrogen and oxygen atoms in total. The molecule has 1 heterocycles. The second-order valence-corrected chi connectivity index (χ2v) is 9.10. The largest absolute Gasteiger partial charge is 0.497 e. The summed E-state index contributed by atoms with van der Waals surface area (Å²) in [6.45, 7) is 2.01. The number of rotatable bonds is 5. The number of benzene rings is 2. The first-order valence-electron chi connectivity index (χ1n) is 11.3. The zero-order chi connectivity index (χ0) is 22.5. The number of hydrogen-bond acceptors (Lipinski definition) is 3. The van der Waals surface area contributed by atoms with Crippen molar-refractivity contribution in [1.29, 1.82) is 0 Å². The predicted octanol–water partition coefficient (Wildman–Crippen LogP) is 5.32. The molecule has 170 valence electrons. The van der Waals surface area contributed by atoms with Crippen molar-refractivity contribution in [3.63, 3.8) is 0 Å². The van der Waals surface area contributed by atoms with Crippen LogP contribution in [-0.2, 0) is 6.54 Å². The fourth-order valence-electron chi connectivity index (χ4n) is 4.82. The predicted molar refractivity (Wildman–Crippen MR) is 126 cm³/mol. The van der Waals surface area contributed by atoms with Crippen molar-refractivity contribution in [2.75, 3.05) is 25.5 Å². The van der Waals surface area contributed by atoms with Crippen molar-refractivity contribution in [2.24, 2.45) is 11.8 Å². The summed E-state index contributed by atoms with van der Waals surface area (Å²) >= 11 is 6.43. The molecule has 1 saturated carbocycles. The van der Waals surface area contributed by atoms with Gasteiger partial charge in [-0.1, -0.05) is 43.0 Å². The Balaban J connectivity index is 1.32. The lowest BCUT2D eigenvalue weighted by Crippen LogP contribution is -2.44. The molecule has 2 fully saturated rings. The van der Waals surface area contributed by atoms with E-state index in [1.54, 1.807) is 25.3 Å². The highest BCUT2D eigenvalue weighted by Crippen LogP contribution is 2.36. The number of fused-ring (bicyclic) bond motifs is 1. The zero-order valence-electron chi connectivity index (χ0n) is 18.4. The standard InChI is InChI=1S/C25H30ClN3O3/c1-32-21-9-6-17(7-10-21)15-27-25(31)28-20-8-11-22(23(26)14-20)24(30)29-13-12-18-4-2-3-5-19(18)16-29/h6-11,14,18-19H,2-5,12-13,15-16H2,1H3,(H2,27,28,31)/t18-,19+/m1/s1. The Labute approximate surface area is 194 Å². The third-order valence-electron chi connectivity index (χ3n) is 6.65. The number of carbonyl (C=O) groups is 2. The van der Waals surface area contributed by atoms with Gasteiger partial charge in [-0.25, -0.2) is 4.79 Å². The Morgan fingerprint density at radius 3 is 2.53 bits per heavy atom. The van der Waals surface area contributed by atoms with Gasteiger partial charge >= 0.3 is 6.03 Å². The number of nitrogens with zero attached hydrogens (tertiary/aromatic N) is 1. The van der Waals surface area contributed by atoms with Crippen molar-refractivity contribution < 1.29 is 14.3 Å². The van der Waals surface area contributed by atoms with Crippen molar-refractivity contribution in [3.8, 4) is 5.75 Å². The first-order chi connectivity index (χ1) is 15.5. The lowest BCUT2D eigenvalue weighted by Gasteiger charge is -2.41. The van der Waals surface area contributed by atoms with Gasteiger partial charge in [0.15, 0.2) is 0 Å². The number of ether oxygens (including phenoxy) is 1. The minimum Gasteiger partial charge on any atom is -0.497 e. The minimum absolute atomic E-state index is 0.0190. The SMILES string of the molecule is COc1ccc(CNC(=O)Nc2ccc(C(=O)N3CC[C@H]4CCCC[C@H]4C3)c(Cl)c2)cc1. The van der Waals surface area contributed by atoms with E-state index >= 15 is 0 Å². The smallest absolute Gasteiger partial charge is 0.319 e. The summed E-state index contributed by atoms with van der Waals surface area (Å²) in [6.07, 6.45) is 6.20. The molecular formula is C25H30ClN3O3. The highest BCUT2D eigenvalue weighted by molar-refractivity contribution is 6.34. The molecule has 4 rings (SSSR count). The monoisotopic (exact) mass is 455 g/mol. The number of methoxy groups -OCH3 is 1. The average molecular weight is 456 g/mol. The summed E-state index contributed by atoms with van der Waals surface area (Å²) in [4.78, 5) is 27.3. The molecule has 2 atom stereocenters. The Kier molecular flexibility index (Phi) is 7.20. The number of nitrogens with one attached hydrogen (secondary N) is 2. The molecule has 0 radical (unpaired) electrons. The molecule has 2 aliphatic rings. The minimum atomic E-state index is -0.338. The van der Waals surface area contributed by atoms with Gasteiger partial charge in [0.2, 0.25) is 0 Å². The highest BCUT2D eigenvalue weighted by atomic mass is 35.5. The molecule has 32 heavy (non-hydrogen) atoms. The summed E-state index contributed by atoms with van der Waals surface area (Å²) in [7, 11) is 1.61. The third-order valence-corrected chi connectivity index (χ3v) is 6.96. The summed E-state index contributed by atoms with van der Waals surface area (Å²) in [5.74, 6) is 2.14. The number of hydrogen-bond donors (Lipinski definition) is 2. The molecule has 0 aromatic heterocycles. The van der Waals surface area contributed by atoms with Crippen LogP contribution in [0.15, 0.2) is 42.5 Å². The van der Waals surface area contributed by atoms with Crippen LogP contribution in [0.3, 0.4) is 0 Å².